The van der Waals surface area contributed by atoms with E-state index in [-0.39, 0.29) is 5.92 Å². The second-order valence-corrected chi connectivity index (χ2v) is 3.77. The molecule has 1 fully saturated rings. The molecule has 1 heterocycles. The van der Waals surface area contributed by atoms with E-state index in [0.717, 1.165) is 12.8 Å². The van der Waals surface area contributed by atoms with Gasteiger partial charge in [0.1, 0.15) is 0 Å². The number of nitrogens with one attached hydrogen (secondary N) is 1. The summed E-state index contributed by atoms with van der Waals surface area (Å²) in [6.07, 6.45) is -2.62. The fraction of sp³-hybridized carbons (Fsp3) is 0.625. The van der Waals surface area contributed by atoms with E-state index in [0.29, 0.717) is 17.2 Å². The van der Waals surface area contributed by atoms with E-state index >= 15 is 0 Å². The molecule has 1 N–H and O–H groups in total. The molecule has 3 rings (SSSR count). The van der Waals surface area contributed by atoms with E-state index in [1.165, 1.54) is 0 Å². The number of rotatable bonds is 0. The highest BCUT2D eigenvalue weighted by Gasteiger charge is 2.52. The second-order valence-electron chi connectivity index (χ2n) is 3.77. The third-order valence-corrected chi connectivity index (χ3v) is 2.91. The Morgan fingerprint density at radius 1 is 1.38 bits per heavy atom. The van der Waals surface area contributed by atoms with Gasteiger partial charge in [-0.3, -0.25) is 5.10 Å². The Hall–Kier alpha value is -1.00. The first kappa shape index (κ1) is 7.41. The zero-order chi connectivity index (χ0) is 9.22. The highest BCUT2D eigenvalue weighted by molar-refractivity contribution is 5.41. The molecule has 2 atom stereocenters. The topological polar surface area (TPSA) is 28.7 Å². The van der Waals surface area contributed by atoms with Gasteiger partial charge < -0.3 is 0 Å². The standard InChI is InChI=1S/C8H7F3N2/c9-8(10,11)7-6-4-1-3(4)2-5(6)12-13-7/h3-4H,1-2H2,(H,12,13)/t3-,4?/m0/s1. The van der Waals surface area contributed by atoms with Crippen LogP contribution in [-0.4, -0.2) is 10.2 Å². The van der Waals surface area contributed by atoms with Gasteiger partial charge in [0.2, 0.25) is 0 Å². The molecule has 1 saturated carbocycles. The lowest BCUT2D eigenvalue weighted by Gasteiger charge is -2.03. The maximum atomic E-state index is 12.4. The van der Waals surface area contributed by atoms with Gasteiger partial charge in [0.25, 0.3) is 0 Å². The summed E-state index contributed by atoms with van der Waals surface area (Å²) in [6, 6.07) is 0. The fourth-order valence-electron chi connectivity index (χ4n) is 2.25. The van der Waals surface area contributed by atoms with Crippen molar-refractivity contribution in [1.29, 1.82) is 0 Å². The predicted octanol–water partition coefficient (Wildman–Crippen LogP) is 2.09. The highest BCUT2D eigenvalue weighted by atomic mass is 19.4. The maximum absolute atomic E-state index is 12.4. The molecule has 1 aromatic rings. The first-order valence-electron chi connectivity index (χ1n) is 4.21. The molecule has 0 bridgehead atoms. The lowest BCUT2D eigenvalue weighted by molar-refractivity contribution is -0.141. The Morgan fingerprint density at radius 2 is 2.15 bits per heavy atom. The largest absolute Gasteiger partial charge is 0.435 e. The van der Waals surface area contributed by atoms with Crippen molar-refractivity contribution in [1.82, 2.24) is 10.2 Å². The van der Waals surface area contributed by atoms with Crippen LogP contribution in [0.4, 0.5) is 13.2 Å². The summed E-state index contributed by atoms with van der Waals surface area (Å²) in [5.74, 6) is 0.607. The molecule has 5 heteroatoms. The number of aromatic amines is 1. The van der Waals surface area contributed by atoms with Gasteiger partial charge in [-0.1, -0.05) is 0 Å². The average molecular weight is 188 g/mol. The lowest BCUT2D eigenvalue weighted by atomic mass is 10.1. The van der Waals surface area contributed by atoms with Crippen LogP contribution in [0.15, 0.2) is 0 Å². The van der Waals surface area contributed by atoms with Crippen molar-refractivity contribution in [3.63, 3.8) is 0 Å². The third kappa shape index (κ3) is 0.870. The summed E-state index contributed by atoms with van der Waals surface area (Å²) in [5, 5.41) is 5.82. The summed E-state index contributed by atoms with van der Waals surface area (Å²) < 4.78 is 37.2. The lowest BCUT2D eigenvalue weighted by Crippen LogP contribution is -2.08. The van der Waals surface area contributed by atoms with E-state index in [1.807, 2.05) is 0 Å². The van der Waals surface area contributed by atoms with E-state index in [9.17, 15) is 13.2 Å². The molecule has 2 aliphatic rings. The molecule has 2 aliphatic carbocycles. The summed E-state index contributed by atoms with van der Waals surface area (Å²) in [6.45, 7) is 0. The van der Waals surface area contributed by atoms with Crippen LogP contribution < -0.4 is 0 Å². The SMILES string of the molecule is FC(F)(F)c1n[nH]c2c1C1C[C@H]1C2. The zero-order valence-corrected chi connectivity index (χ0v) is 6.65. The minimum Gasteiger partial charge on any atom is -0.282 e. The van der Waals surface area contributed by atoms with Crippen molar-refractivity contribution in [3.05, 3.63) is 17.0 Å². The van der Waals surface area contributed by atoms with Crippen molar-refractivity contribution >= 4 is 0 Å². The van der Waals surface area contributed by atoms with Crippen molar-refractivity contribution < 1.29 is 13.2 Å². The minimum atomic E-state index is -4.29. The molecule has 0 aliphatic heterocycles. The Bertz CT molecular complexity index is 366. The van der Waals surface area contributed by atoms with E-state index in [1.54, 1.807) is 0 Å². The zero-order valence-electron chi connectivity index (χ0n) is 6.65. The smallest absolute Gasteiger partial charge is 0.282 e. The van der Waals surface area contributed by atoms with Crippen LogP contribution in [-0.2, 0) is 12.6 Å². The number of nitrogens with zero attached hydrogens (tertiary/aromatic N) is 1. The van der Waals surface area contributed by atoms with Crippen molar-refractivity contribution in [2.75, 3.05) is 0 Å². The van der Waals surface area contributed by atoms with Gasteiger partial charge >= 0.3 is 6.18 Å². The van der Waals surface area contributed by atoms with Crippen molar-refractivity contribution in [3.8, 4) is 0 Å². The summed E-state index contributed by atoms with van der Waals surface area (Å²) in [4.78, 5) is 0. The Balaban J connectivity index is 2.13. The monoisotopic (exact) mass is 188 g/mol. The van der Waals surface area contributed by atoms with E-state index in [2.05, 4.69) is 10.2 Å². The van der Waals surface area contributed by atoms with Crippen LogP contribution in [0.2, 0.25) is 0 Å². The highest BCUT2D eigenvalue weighted by Crippen LogP contribution is 2.58. The number of hydrogen-bond acceptors (Lipinski definition) is 1. The summed E-state index contributed by atoms with van der Waals surface area (Å²) in [7, 11) is 0. The summed E-state index contributed by atoms with van der Waals surface area (Å²) in [5.41, 5.74) is 0.457. The van der Waals surface area contributed by atoms with Gasteiger partial charge in [-0.05, 0) is 24.7 Å². The van der Waals surface area contributed by atoms with Gasteiger partial charge in [-0.15, -0.1) is 0 Å². The van der Waals surface area contributed by atoms with Gasteiger partial charge in [0.05, 0.1) is 0 Å². The van der Waals surface area contributed by atoms with Crippen LogP contribution in [0, 0.1) is 5.92 Å². The molecule has 2 nitrogen and oxygen atoms in total. The van der Waals surface area contributed by atoms with Crippen LogP contribution in [0.25, 0.3) is 0 Å². The van der Waals surface area contributed by atoms with Crippen LogP contribution in [0.3, 0.4) is 0 Å². The maximum Gasteiger partial charge on any atom is 0.435 e. The number of halogens is 3. The van der Waals surface area contributed by atoms with Crippen LogP contribution >= 0.6 is 0 Å². The first-order valence-corrected chi connectivity index (χ1v) is 4.21. The molecule has 1 aromatic heterocycles. The minimum absolute atomic E-state index is 0.144. The first-order chi connectivity index (χ1) is 6.07. The third-order valence-electron chi connectivity index (χ3n) is 2.91. The molecule has 0 radical (unpaired) electrons. The predicted molar refractivity (Wildman–Crippen MR) is 38.1 cm³/mol. The normalized spacial score (nSPS) is 30.1. The molecular formula is C8H7F3N2. The summed E-state index contributed by atoms with van der Waals surface area (Å²) >= 11 is 0. The molecular weight excluding hydrogens is 181 g/mol. The van der Waals surface area contributed by atoms with Crippen molar-refractivity contribution in [2.24, 2.45) is 5.92 Å². The number of alkyl halides is 3. The van der Waals surface area contributed by atoms with Crippen LogP contribution in [0.1, 0.15) is 29.3 Å². The molecule has 0 amide bonds. The molecule has 13 heavy (non-hydrogen) atoms. The molecule has 0 aromatic carbocycles. The number of H-pyrrole nitrogens is 1. The second kappa shape index (κ2) is 1.91. The molecule has 0 saturated heterocycles. The van der Waals surface area contributed by atoms with E-state index in [4.69, 9.17) is 0 Å². The molecule has 70 valence electrons. The molecule has 0 spiro atoms. The van der Waals surface area contributed by atoms with Gasteiger partial charge in [-0.2, -0.15) is 18.3 Å². The Morgan fingerprint density at radius 3 is 2.85 bits per heavy atom. The Labute approximate surface area is 72.1 Å². The van der Waals surface area contributed by atoms with E-state index < -0.39 is 11.9 Å². The number of hydrogen-bond donors (Lipinski definition) is 1. The average Bonchev–Trinajstić information content (AvgIpc) is 2.51. The van der Waals surface area contributed by atoms with Gasteiger partial charge in [0, 0.05) is 11.3 Å². The quantitative estimate of drug-likeness (QED) is 0.663. The number of fused-ring (bicyclic) bond motifs is 3. The fourth-order valence-corrected chi connectivity index (χ4v) is 2.25. The van der Waals surface area contributed by atoms with Crippen LogP contribution in [0.5, 0.6) is 0 Å². The van der Waals surface area contributed by atoms with Gasteiger partial charge in [0.15, 0.2) is 5.69 Å². The Kier molecular flexibility index (Phi) is 1.09. The van der Waals surface area contributed by atoms with Crippen molar-refractivity contribution in [2.45, 2.75) is 24.9 Å². The van der Waals surface area contributed by atoms with Gasteiger partial charge in [-0.25, -0.2) is 0 Å². The number of aromatic nitrogens is 2. The molecule has 1 unspecified atom stereocenters.